The molecule has 0 aromatic carbocycles. The van der Waals surface area contributed by atoms with Crippen molar-refractivity contribution in [2.24, 2.45) is 17.3 Å². The maximum Gasteiger partial charge on any atom is 0.117 e. The first-order valence-electron chi connectivity index (χ1n) is 7.11. The Labute approximate surface area is 115 Å². The van der Waals surface area contributed by atoms with Crippen molar-refractivity contribution in [3.8, 4) is 6.07 Å². The standard InChI is InChI=1S/C16H22N2O/c1-14(2)11-8-13(14)15(3,19)16(9-11)7-5-4-6-12(10-17)18-16/h4-6,11,13,18-19H,7-9H2,1-3H3/t11-,13-,15-,16?/m1/s1. The maximum atomic E-state index is 11.2. The molecule has 102 valence electrons. The van der Waals surface area contributed by atoms with E-state index >= 15 is 0 Å². The van der Waals surface area contributed by atoms with Crippen molar-refractivity contribution in [3.63, 3.8) is 0 Å². The van der Waals surface area contributed by atoms with Crippen LogP contribution in [0.25, 0.3) is 0 Å². The van der Waals surface area contributed by atoms with Gasteiger partial charge in [-0.05, 0) is 49.5 Å². The van der Waals surface area contributed by atoms with E-state index in [9.17, 15) is 10.4 Å². The number of nitrogens with one attached hydrogen (secondary N) is 1. The van der Waals surface area contributed by atoms with Crippen molar-refractivity contribution in [1.82, 2.24) is 5.32 Å². The molecule has 1 heterocycles. The van der Waals surface area contributed by atoms with Crippen molar-refractivity contribution in [2.75, 3.05) is 0 Å². The summed E-state index contributed by atoms with van der Waals surface area (Å²) in [7, 11) is 0. The van der Waals surface area contributed by atoms with Crippen LogP contribution in [0.1, 0.15) is 40.0 Å². The molecule has 0 amide bonds. The Morgan fingerprint density at radius 2 is 2.16 bits per heavy atom. The summed E-state index contributed by atoms with van der Waals surface area (Å²) in [6.07, 6.45) is 8.62. The SMILES string of the molecule is CC1(C)[C@@H]2C[C@H]1[C@@](C)(O)C1(CC=CC=C(C#N)N1)C2. The van der Waals surface area contributed by atoms with Crippen LogP contribution in [0.15, 0.2) is 23.9 Å². The van der Waals surface area contributed by atoms with Crippen LogP contribution in [0.4, 0.5) is 0 Å². The molecule has 0 saturated heterocycles. The second-order valence-corrected chi connectivity index (χ2v) is 7.19. The molecule has 3 saturated carbocycles. The first-order valence-corrected chi connectivity index (χ1v) is 7.11. The highest BCUT2D eigenvalue weighted by Gasteiger charge is 2.68. The molecule has 0 radical (unpaired) electrons. The topological polar surface area (TPSA) is 56.0 Å². The van der Waals surface area contributed by atoms with Crippen LogP contribution in [0.2, 0.25) is 0 Å². The van der Waals surface area contributed by atoms with Gasteiger partial charge in [0, 0.05) is 0 Å². The van der Waals surface area contributed by atoms with Gasteiger partial charge in [0.1, 0.15) is 11.8 Å². The summed E-state index contributed by atoms with van der Waals surface area (Å²) in [4.78, 5) is 0. The van der Waals surface area contributed by atoms with E-state index in [1.807, 2.05) is 13.0 Å². The Morgan fingerprint density at radius 3 is 2.74 bits per heavy atom. The molecule has 2 bridgehead atoms. The summed E-state index contributed by atoms with van der Waals surface area (Å²) < 4.78 is 0. The minimum absolute atomic E-state index is 0.211. The lowest BCUT2D eigenvalue weighted by Crippen LogP contribution is -2.76. The number of aliphatic hydroxyl groups is 1. The van der Waals surface area contributed by atoms with Crippen LogP contribution >= 0.6 is 0 Å². The van der Waals surface area contributed by atoms with Gasteiger partial charge >= 0.3 is 0 Å². The van der Waals surface area contributed by atoms with Crippen LogP contribution < -0.4 is 5.32 Å². The van der Waals surface area contributed by atoms with E-state index in [1.54, 1.807) is 6.08 Å². The number of hydrogen-bond donors (Lipinski definition) is 2. The zero-order valence-electron chi connectivity index (χ0n) is 11.9. The summed E-state index contributed by atoms with van der Waals surface area (Å²) in [5.74, 6) is 0.939. The predicted octanol–water partition coefficient (Wildman–Crippen LogP) is 2.50. The summed E-state index contributed by atoms with van der Waals surface area (Å²) >= 11 is 0. The summed E-state index contributed by atoms with van der Waals surface area (Å²) in [6.45, 7) is 6.48. The molecule has 4 aliphatic rings. The molecule has 0 aromatic rings. The van der Waals surface area contributed by atoms with E-state index < -0.39 is 5.60 Å². The third-order valence-electron chi connectivity index (χ3n) is 6.07. The van der Waals surface area contributed by atoms with Crippen LogP contribution in [0, 0.1) is 28.6 Å². The smallest absolute Gasteiger partial charge is 0.117 e. The lowest BCUT2D eigenvalue weighted by Gasteiger charge is -2.69. The highest BCUT2D eigenvalue weighted by molar-refractivity contribution is 5.33. The summed E-state index contributed by atoms with van der Waals surface area (Å²) in [5.41, 5.74) is -0.392. The van der Waals surface area contributed by atoms with Crippen LogP contribution in [0.5, 0.6) is 0 Å². The Balaban J connectivity index is 2.00. The van der Waals surface area contributed by atoms with Gasteiger partial charge in [-0.1, -0.05) is 26.0 Å². The van der Waals surface area contributed by atoms with Gasteiger partial charge in [-0.25, -0.2) is 0 Å². The third-order valence-corrected chi connectivity index (χ3v) is 6.07. The monoisotopic (exact) mass is 258 g/mol. The van der Waals surface area contributed by atoms with Gasteiger partial charge in [-0.15, -0.1) is 0 Å². The molecule has 2 N–H and O–H groups in total. The highest BCUT2D eigenvalue weighted by atomic mass is 16.3. The molecule has 0 aromatic heterocycles. The molecule has 19 heavy (non-hydrogen) atoms. The van der Waals surface area contributed by atoms with Crippen molar-refractivity contribution in [2.45, 2.75) is 51.2 Å². The first kappa shape index (κ1) is 12.7. The van der Waals surface area contributed by atoms with Gasteiger partial charge in [-0.2, -0.15) is 5.26 Å². The minimum Gasteiger partial charge on any atom is -0.387 e. The second kappa shape index (κ2) is 3.64. The number of hydrogen-bond acceptors (Lipinski definition) is 3. The number of rotatable bonds is 0. The zero-order valence-corrected chi connectivity index (χ0v) is 11.9. The van der Waals surface area contributed by atoms with Crippen molar-refractivity contribution >= 4 is 0 Å². The Kier molecular flexibility index (Phi) is 2.44. The molecule has 1 aliphatic heterocycles. The average molecular weight is 258 g/mol. The highest BCUT2D eigenvalue weighted by Crippen LogP contribution is 2.66. The molecule has 3 fully saturated rings. The van der Waals surface area contributed by atoms with Crippen molar-refractivity contribution < 1.29 is 5.11 Å². The van der Waals surface area contributed by atoms with Crippen molar-refractivity contribution in [1.29, 1.82) is 5.26 Å². The van der Waals surface area contributed by atoms with Crippen LogP contribution in [0.3, 0.4) is 0 Å². The van der Waals surface area contributed by atoms with E-state index in [4.69, 9.17) is 0 Å². The number of allylic oxidation sites excluding steroid dienone is 3. The van der Waals surface area contributed by atoms with Gasteiger partial charge < -0.3 is 10.4 Å². The molecule has 3 heteroatoms. The number of nitriles is 1. The molecular weight excluding hydrogens is 236 g/mol. The third kappa shape index (κ3) is 1.47. The van der Waals surface area contributed by atoms with Gasteiger partial charge in [-0.3, -0.25) is 0 Å². The quantitative estimate of drug-likeness (QED) is 0.702. The Morgan fingerprint density at radius 1 is 1.42 bits per heavy atom. The summed E-state index contributed by atoms with van der Waals surface area (Å²) in [5, 5.41) is 23.7. The zero-order chi connectivity index (χ0) is 13.9. The average Bonchev–Trinajstić information content (AvgIpc) is 2.55. The molecular formula is C16H22N2O. The largest absolute Gasteiger partial charge is 0.387 e. The molecule has 1 unspecified atom stereocenters. The van der Waals surface area contributed by atoms with E-state index in [1.165, 1.54) is 0 Å². The van der Waals surface area contributed by atoms with Gasteiger partial charge in [0.2, 0.25) is 0 Å². The fraction of sp³-hybridized carbons (Fsp3) is 0.688. The van der Waals surface area contributed by atoms with E-state index in [2.05, 4.69) is 31.3 Å². The van der Waals surface area contributed by atoms with Gasteiger partial charge in [0.25, 0.3) is 0 Å². The lowest BCUT2D eigenvalue weighted by atomic mass is 9.39. The second-order valence-electron chi connectivity index (χ2n) is 7.19. The Bertz CT molecular complexity index is 509. The van der Waals surface area contributed by atoms with E-state index in [0.717, 1.165) is 19.3 Å². The Hall–Kier alpha value is -1.27. The van der Waals surface area contributed by atoms with E-state index in [-0.39, 0.29) is 11.0 Å². The number of nitrogens with zero attached hydrogens (tertiary/aromatic N) is 1. The fourth-order valence-corrected chi connectivity index (χ4v) is 4.59. The van der Waals surface area contributed by atoms with Gasteiger partial charge in [0.05, 0.1) is 11.1 Å². The lowest BCUT2D eigenvalue weighted by molar-refractivity contribution is -0.239. The molecule has 4 rings (SSSR count). The maximum absolute atomic E-state index is 11.2. The minimum atomic E-state index is -0.782. The fourth-order valence-electron chi connectivity index (χ4n) is 4.59. The van der Waals surface area contributed by atoms with E-state index in [0.29, 0.717) is 17.5 Å². The molecule has 3 aliphatic carbocycles. The van der Waals surface area contributed by atoms with Crippen LogP contribution in [-0.2, 0) is 0 Å². The first-order chi connectivity index (χ1) is 8.83. The molecule has 3 nitrogen and oxygen atoms in total. The van der Waals surface area contributed by atoms with Crippen molar-refractivity contribution in [3.05, 3.63) is 23.9 Å². The molecule has 1 spiro atoms. The summed E-state index contributed by atoms with van der Waals surface area (Å²) in [6, 6.07) is 2.19. The normalized spacial score (nSPS) is 46.6. The predicted molar refractivity (Wildman–Crippen MR) is 73.9 cm³/mol. The van der Waals surface area contributed by atoms with Crippen LogP contribution in [-0.4, -0.2) is 16.2 Å². The molecule has 4 atom stereocenters. The van der Waals surface area contributed by atoms with Gasteiger partial charge in [0.15, 0.2) is 0 Å².